The summed E-state index contributed by atoms with van der Waals surface area (Å²) >= 11 is 3.54. The van der Waals surface area contributed by atoms with Crippen molar-refractivity contribution in [3.8, 4) is 5.75 Å². The molecule has 1 aliphatic rings. The van der Waals surface area contributed by atoms with Crippen molar-refractivity contribution in [1.29, 1.82) is 0 Å². The second kappa shape index (κ2) is 6.52. The second-order valence-corrected chi connectivity index (χ2v) is 6.44. The Morgan fingerprint density at radius 3 is 2.57 bits per heavy atom. The molecule has 0 saturated heterocycles. The molecule has 0 atom stereocenters. The van der Waals surface area contributed by atoms with E-state index in [-0.39, 0.29) is 0 Å². The van der Waals surface area contributed by atoms with Crippen LogP contribution in [0.4, 0.5) is 5.69 Å². The molecule has 0 amide bonds. The molecule has 0 heterocycles. The van der Waals surface area contributed by atoms with E-state index in [0.717, 1.165) is 5.75 Å². The van der Waals surface area contributed by atoms with Crippen LogP contribution in [0, 0.1) is 0 Å². The van der Waals surface area contributed by atoms with E-state index >= 15 is 0 Å². The molecule has 1 saturated carbocycles. The molecule has 21 heavy (non-hydrogen) atoms. The van der Waals surface area contributed by atoms with Gasteiger partial charge in [0.05, 0.1) is 6.61 Å². The van der Waals surface area contributed by atoms with E-state index in [1.54, 1.807) is 0 Å². The van der Waals surface area contributed by atoms with E-state index < -0.39 is 0 Å². The number of ether oxygens (including phenoxy) is 1. The topological polar surface area (TPSA) is 21.3 Å². The minimum atomic E-state index is 0.576. The second-order valence-electron chi connectivity index (χ2n) is 5.52. The summed E-state index contributed by atoms with van der Waals surface area (Å²) in [6.07, 6.45) is 2.40. The Kier molecular flexibility index (Phi) is 4.49. The molecule has 2 nitrogen and oxygen atoms in total. The lowest BCUT2D eigenvalue weighted by atomic mass is 9.76. The lowest BCUT2D eigenvalue weighted by molar-refractivity contribution is 0.340. The molecule has 3 heteroatoms. The van der Waals surface area contributed by atoms with Gasteiger partial charge in [-0.25, -0.2) is 0 Å². The van der Waals surface area contributed by atoms with Gasteiger partial charge in [0.25, 0.3) is 0 Å². The Morgan fingerprint density at radius 1 is 1.14 bits per heavy atom. The monoisotopic (exact) mass is 345 g/mol. The molecular formula is C18H20BrNO. The van der Waals surface area contributed by atoms with E-state index in [1.807, 2.05) is 19.1 Å². The molecule has 2 aromatic rings. The first-order valence-corrected chi connectivity index (χ1v) is 8.28. The minimum absolute atomic E-state index is 0.576. The molecule has 0 bridgehead atoms. The van der Waals surface area contributed by atoms with E-state index in [4.69, 9.17) is 4.74 Å². The third kappa shape index (κ3) is 3.59. The van der Waals surface area contributed by atoms with Gasteiger partial charge < -0.3 is 10.1 Å². The van der Waals surface area contributed by atoms with Gasteiger partial charge in [0.2, 0.25) is 0 Å². The molecule has 1 aliphatic carbocycles. The Balaban J connectivity index is 1.52. The van der Waals surface area contributed by atoms with E-state index in [9.17, 15) is 0 Å². The predicted octanol–water partition coefficient (Wildman–Crippen LogP) is 5.21. The molecular weight excluding hydrogens is 326 g/mol. The summed E-state index contributed by atoms with van der Waals surface area (Å²) in [6.45, 7) is 2.71. The smallest absolute Gasteiger partial charge is 0.119 e. The van der Waals surface area contributed by atoms with Crippen LogP contribution in [0.5, 0.6) is 5.75 Å². The standard InChI is InChI=1S/C18H20BrNO/c1-2-21-18-8-6-16(7-9-18)20-17-11-14(12-17)13-4-3-5-15(19)10-13/h3-10,14,17,20H,2,11-12H2,1H3. The zero-order chi connectivity index (χ0) is 14.7. The van der Waals surface area contributed by atoms with Gasteiger partial charge in [-0.2, -0.15) is 0 Å². The maximum atomic E-state index is 5.46. The van der Waals surface area contributed by atoms with Crippen LogP contribution in [0.1, 0.15) is 31.2 Å². The number of rotatable bonds is 5. The highest BCUT2D eigenvalue weighted by Gasteiger charge is 2.30. The molecule has 1 fully saturated rings. The normalized spacial score (nSPS) is 20.7. The van der Waals surface area contributed by atoms with Crippen molar-refractivity contribution < 1.29 is 4.74 Å². The Bertz CT molecular complexity index is 590. The van der Waals surface area contributed by atoms with Gasteiger partial charge >= 0.3 is 0 Å². The lowest BCUT2D eigenvalue weighted by Crippen LogP contribution is -2.33. The molecule has 2 aromatic carbocycles. The summed E-state index contributed by atoms with van der Waals surface area (Å²) in [5.74, 6) is 1.62. The number of hydrogen-bond acceptors (Lipinski definition) is 2. The number of anilines is 1. The quantitative estimate of drug-likeness (QED) is 0.803. The molecule has 110 valence electrons. The fourth-order valence-electron chi connectivity index (χ4n) is 2.82. The fraction of sp³-hybridized carbons (Fsp3) is 0.333. The van der Waals surface area contributed by atoms with Gasteiger partial charge in [-0.05, 0) is 67.6 Å². The van der Waals surface area contributed by atoms with Crippen molar-refractivity contribution in [1.82, 2.24) is 0 Å². The summed E-state index contributed by atoms with van der Waals surface area (Å²) < 4.78 is 6.63. The third-order valence-electron chi connectivity index (χ3n) is 3.99. The van der Waals surface area contributed by atoms with Gasteiger partial charge in [0, 0.05) is 16.2 Å². The number of nitrogens with one attached hydrogen (secondary N) is 1. The Morgan fingerprint density at radius 2 is 1.90 bits per heavy atom. The van der Waals surface area contributed by atoms with E-state index in [2.05, 4.69) is 57.6 Å². The highest BCUT2D eigenvalue weighted by atomic mass is 79.9. The molecule has 0 radical (unpaired) electrons. The largest absolute Gasteiger partial charge is 0.494 e. The van der Waals surface area contributed by atoms with Crippen molar-refractivity contribution in [3.63, 3.8) is 0 Å². The lowest BCUT2D eigenvalue weighted by Gasteiger charge is -2.37. The van der Waals surface area contributed by atoms with Gasteiger partial charge in [-0.3, -0.25) is 0 Å². The first-order valence-electron chi connectivity index (χ1n) is 7.49. The summed E-state index contributed by atoms with van der Waals surface area (Å²) in [5, 5.41) is 3.59. The van der Waals surface area contributed by atoms with Crippen molar-refractivity contribution >= 4 is 21.6 Å². The summed E-state index contributed by atoms with van der Waals surface area (Å²) in [7, 11) is 0. The van der Waals surface area contributed by atoms with Gasteiger partial charge in [-0.15, -0.1) is 0 Å². The number of hydrogen-bond donors (Lipinski definition) is 1. The van der Waals surface area contributed by atoms with Crippen LogP contribution < -0.4 is 10.1 Å². The van der Waals surface area contributed by atoms with Gasteiger partial charge in [0.1, 0.15) is 5.75 Å². The SMILES string of the molecule is CCOc1ccc(NC2CC(c3cccc(Br)c3)C2)cc1. The average molecular weight is 346 g/mol. The first-order chi connectivity index (χ1) is 10.2. The molecule has 0 aliphatic heterocycles. The Labute approximate surface area is 134 Å². The molecule has 1 N–H and O–H groups in total. The maximum Gasteiger partial charge on any atom is 0.119 e. The van der Waals surface area contributed by atoms with Crippen molar-refractivity contribution in [2.75, 3.05) is 11.9 Å². The molecule has 0 spiro atoms. The van der Waals surface area contributed by atoms with E-state index in [0.29, 0.717) is 18.6 Å². The zero-order valence-electron chi connectivity index (χ0n) is 12.2. The van der Waals surface area contributed by atoms with Crippen LogP contribution in [0.3, 0.4) is 0 Å². The Hall–Kier alpha value is -1.48. The van der Waals surface area contributed by atoms with Crippen LogP contribution in [0.15, 0.2) is 53.0 Å². The summed E-state index contributed by atoms with van der Waals surface area (Å²) in [6, 6.07) is 17.5. The van der Waals surface area contributed by atoms with Crippen LogP contribution >= 0.6 is 15.9 Å². The van der Waals surface area contributed by atoms with Crippen LogP contribution in [-0.4, -0.2) is 12.6 Å². The molecule has 3 rings (SSSR count). The minimum Gasteiger partial charge on any atom is -0.494 e. The molecule has 0 aromatic heterocycles. The van der Waals surface area contributed by atoms with Crippen molar-refractivity contribution in [3.05, 3.63) is 58.6 Å². The predicted molar refractivity (Wildman–Crippen MR) is 91.1 cm³/mol. The van der Waals surface area contributed by atoms with Crippen molar-refractivity contribution in [2.45, 2.75) is 31.7 Å². The highest BCUT2D eigenvalue weighted by molar-refractivity contribution is 9.10. The van der Waals surface area contributed by atoms with Crippen LogP contribution in [0.2, 0.25) is 0 Å². The van der Waals surface area contributed by atoms with Crippen molar-refractivity contribution in [2.24, 2.45) is 0 Å². The fourth-order valence-corrected chi connectivity index (χ4v) is 3.24. The summed E-state index contributed by atoms with van der Waals surface area (Å²) in [5.41, 5.74) is 2.62. The summed E-state index contributed by atoms with van der Waals surface area (Å²) in [4.78, 5) is 0. The van der Waals surface area contributed by atoms with Crippen LogP contribution in [0.25, 0.3) is 0 Å². The first kappa shape index (κ1) is 14.5. The van der Waals surface area contributed by atoms with Crippen LogP contribution in [-0.2, 0) is 0 Å². The van der Waals surface area contributed by atoms with E-state index in [1.165, 1.54) is 28.6 Å². The third-order valence-corrected chi connectivity index (χ3v) is 4.49. The molecule has 0 unspecified atom stereocenters. The highest BCUT2D eigenvalue weighted by Crippen LogP contribution is 2.39. The van der Waals surface area contributed by atoms with Gasteiger partial charge in [-0.1, -0.05) is 28.1 Å². The number of halogens is 1. The number of benzene rings is 2. The zero-order valence-corrected chi connectivity index (χ0v) is 13.8. The maximum absolute atomic E-state index is 5.46. The average Bonchev–Trinajstić information content (AvgIpc) is 2.44. The van der Waals surface area contributed by atoms with Gasteiger partial charge in [0.15, 0.2) is 0 Å².